The maximum atomic E-state index is 4.77. The Bertz CT molecular complexity index is 748. The van der Waals surface area contributed by atoms with Crippen LogP contribution in [0.25, 0.3) is 21.8 Å². The number of nitrogens with one attached hydrogen (secondary N) is 1. The molecule has 3 aromatic rings. The summed E-state index contributed by atoms with van der Waals surface area (Å²) in [5, 5.41) is 6.44. The van der Waals surface area contributed by atoms with E-state index >= 15 is 0 Å². The molecule has 2 heterocycles. The Labute approximate surface area is 116 Å². The monoisotopic (exact) mass is 266 g/mol. The van der Waals surface area contributed by atoms with E-state index in [2.05, 4.69) is 47.8 Å². The van der Waals surface area contributed by atoms with Crippen molar-refractivity contribution in [2.24, 2.45) is 0 Å². The molecule has 4 rings (SSSR count). The van der Waals surface area contributed by atoms with Gasteiger partial charge in [0.1, 0.15) is 0 Å². The van der Waals surface area contributed by atoms with Gasteiger partial charge in [-0.25, -0.2) is 4.98 Å². The first-order valence-electron chi connectivity index (χ1n) is 6.55. The third-order valence-electron chi connectivity index (χ3n) is 3.59. The number of thioether (sulfide) groups is 1. The minimum Gasteiger partial charge on any atom is -0.301 e. The number of aromatic nitrogens is 1. The molecule has 0 saturated carbocycles. The first-order chi connectivity index (χ1) is 9.42. The molecule has 3 heteroatoms. The number of nitrogens with zero attached hydrogens (tertiary/aromatic N) is 1. The molecule has 1 unspecified atom stereocenters. The number of para-hydroxylation sites is 1. The van der Waals surface area contributed by atoms with E-state index in [9.17, 15) is 0 Å². The van der Waals surface area contributed by atoms with Crippen LogP contribution in [0.15, 0.2) is 48.5 Å². The Morgan fingerprint density at radius 3 is 2.84 bits per heavy atom. The Morgan fingerprint density at radius 2 is 1.95 bits per heavy atom. The highest BCUT2D eigenvalue weighted by molar-refractivity contribution is 7.99. The van der Waals surface area contributed by atoms with E-state index in [0.717, 1.165) is 17.6 Å². The van der Waals surface area contributed by atoms with Crippen LogP contribution in [0.2, 0.25) is 0 Å². The standard InChI is InChI=1S/C16H14N2S/c1-2-6-14-11(4-1)10-13-12(16-17-8-9-19-16)5-3-7-15(13)18-14/h1-7,10,16-17H,8-9H2. The van der Waals surface area contributed by atoms with E-state index in [0.29, 0.717) is 5.37 Å². The van der Waals surface area contributed by atoms with E-state index in [1.807, 2.05) is 17.8 Å². The van der Waals surface area contributed by atoms with Gasteiger partial charge in [0, 0.05) is 23.1 Å². The van der Waals surface area contributed by atoms with Crippen molar-refractivity contribution in [2.45, 2.75) is 5.37 Å². The second-order valence-corrected chi connectivity index (χ2v) is 6.01. The van der Waals surface area contributed by atoms with E-state index in [1.54, 1.807) is 0 Å². The Balaban J connectivity index is 2.00. The third-order valence-corrected chi connectivity index (χ3v) is 4.79. The van der Waals surface area contributed by atoms with Gasteiger partial charge in [-0.15, -0.1) is 11.8 Å². The predicted octanol–water partition coefficient (Wildman–Crippen LogP) is 3.72. The lowest BCUT2D eigenvalue weighted by Gasteiger charge is -2.13. The summed E-state index contributed by atoms with van der Waals surface area (Å²) in [5.74, 6) is 1.18. The molecule has 94 valence electrons. The van der Waals surface area contributed by atoms with Gasteiger partial charge in [0.05, 0.1) is 16.4 Å². The molecule has 0 aliphatic carbocycles. The zero-order chi connectivity index (χ0) is 12.7. The van der Waals surface area contributed by atoms with Gasteiger partial charge < -0.3 is 5.32 Å². The van der Waals surface area contributed by atoms with Crippen molar-refractivity contribution in [3.63, 3.8) is 0 Å². The number of rotatable bonds is 1. The zero-order valence-electron chi connectivity index (χ0n) is 10.5. The highest BCUT2D eigenvalue weighted by atomic mass is 32.2. The topological polar surface area (TPSA) is 24.9 Å². The van der Waals surface area contributed by atoms with Crippen molar-refractivity contribution >= 4 is 33.6 Å². The molecular formula is C16H14N2S. The van der Waals surface area contributed by atoms with Crippen LogP contribution in [0, 0.1) is 0 Å². The van der Waals surface area contributed by atoms with Crippen molar-refractivity contribution in [1.29, 1.82) is 0 Å². The van der Waals surface area contributed by atoms with Crippen molar-refractivity contribution in [2.75, 3.05) is 12.3 Å². The lowest BCUT2D eigenvalue weighted by Crippen LogP contribution is -2.12. The average molecular weight is 266 g/mol. The summed E-state index contributed by atoms with van der Waals surface area (Å²) in [6, 6.07) is 17.0. The Morgan fingerprint density at radius 1 is 1.05 bits per heavy atom. The highest BCUT2D eigenvalue weighted by Crippen LogP contribution is 2.34. The molecule has 0 spiro atoms. The lowest BCUT2D eigenvalue weighted by molar-refractivity contribution is 0.755. The SMILES string of the molecule is c1ccc2nc3cccc(C4NCCS4)c3cc2c1. The van der Waals surface area contributed by atoms with Gasteiger partial charge in [-0.1, -0.05) is 30.3 Å². The average Bonchev–Trinajstić information content (AvgIpc) is 2.98. The number of pyridine rings is 1. The molecule has 2 aromatic carbocycles. The van der Waals surface area contributed by atoms with E-state index in [1.165, 1.54) is 22.1 Å². The molecule has 1 aromatic heterocycles. The molecule has 1 fully saturated rings. The summed E-state index contributed by atoms with van der Waals surface area (Å²) >= 11 is 1.98. The van der Waals surface area contributed by atoms with Crippen molar-refractivity contribution < 1.29 is 0 Å². The summed E-state index contributed by atoms with van der Waals surface area (Å²) in [4.78, 5) is 4.77. The number of hydrogen-bond donors (Lipinski definition) is 1. The second-order valence-electron chi connectivity index (χ2n) is 4.80. The highest BCUT2D eigenvalue weighted by Gasteiger charge is 2.19. The fourth-order valence-electron chi connectivity index (χ4n) is 2.68. The third kappa shape index (κ3) is 1.90. The number of benzene rings is 2. The van der Waals surface area contributed by atoms with Gasteiger partial charge in [0.2, 0.25) is 0 Å². The summed E-state index contributed by atoms with van der Waals surface area (Å²) in [6.07, 6.45) is 0. The summed E-state index contributed by atoms with van der Waals surface area (Å²) < 4.78 is 0. The molecule has 1 saturated heterocycles. The van der Waals surface area contributed by atoms with Gasteiger partial charge in [0.15, 0.2) is 0 Å². The van der Waals surface area contributed by atoms with E-state index in [-0.39, 0.29) is 0 Å². The second kappa shape index (κ2) is 4.51. The van der Waals surface area contributed by atoms with Gasteiger partial charge in [0.25, 0.3) is 0 Å². The molecule has 1 atom stereocenters. The van der Waals surface area contributed by atoms with Crippen LogP contribution in [0.1, 0.15) is 10.9 Å². The van der Waals surface area contributed by atoms with Crippen LogP contribution in [0.5, 0.6) is 0 Å². The first-order valence-corrected chi connectivity index (χ1v) is 7.60. The van der Waals surface area contributed by atoms with Crippen LogP contribution >= 0.6 is 11.8 Å². The van der Waals surface area contributed by atoms with Crippen LogP contribution in [0.4, 0.5) is 0 Å². The molecule has 1 aliphatic heterocycles. The summed E-state index contributed by atoms with van der Waals surface area (Å²) in [7, 11) is 0. The number of fused-ring (bicyclic) bond motifs is 2. The minimum atomic E-state index is 0.409. The van der Waals surface area contributed by atoms with Crippen LogP contribution in [-0.4, -0.2) is 17.3 Å². The molecule has 0 amide bonds. The molecular weight excluding hydrogens is 252 g/mol. The maximum Gasteiger partial charge on any atom is 0.0796 e. The zero-order valence-corrected chi connectivity index (χ0v) is 11.3. The van der Waals surface area contributed by atoms with Crippen LogP contribution in [0.3, 0.4) is 0 Å². The Kier molecular flexibility index (Phi) is 2.67. The van der Waals surface area contributed by atoms with Crippen molar-refractivity contribution in [1.82, 2.24) is 10.3 Å². The summed E-state index contributed by atoms with van der Waals surface area (Å²) in [5.41, 5.74) is 3.52. The fourth-order valence-corrected chi connectivity index (χ4v) is 3.77. The van der Waals surface area contributed by atoms with Crippen molar-refractivity contribution in [3.05, 3.63) is 54.1 Å². The molecule has 2 nitrogen and oxygen atoms in total. The fraction of sp³-hybridized carbons (Fsp3) is 0.188. The van der Waals surface area contributed by atoms with E-state index in [4.69, 9.17) is 4.98 Å². The van der Waals surface area contributed by atoms with Gasteiger partial charge in [-0.3, -0.25) is 0 Å². The van der Waals surface area contributed by atoms with Gasteiger partial charge >= 0.3 is 0 Å². The van der Waals surface area contributed by atoms with Crippen molar-refractivity contribution in [3.8, 4) is 0 Å². The molecule has 19 heavy (non-hydrogen) atoms. The number of hydrogen-bond acceptors (Lipinski definition) is 3. The molecule has 0 radical (unpaired) electrons. The minimum absolute atomic E-state index is 0.409. The van der Waals surface area contributed by atoms with E-state index < -0.39 is 0 Å². The first kappa shape index (κ1) is 11.3. The lowest BCUT2D eigenvalue weighted by atomic mass is 10.1. The largest absolute Gasteiger partial charge is 0.301 e. The van der Waals surface area contributed by atoms with Gasteiger partial charge in [-0.05, 0) is 23.8 Å². The van der Waals surface area contributed by atoms with Crippen LogP contribution in [-0.2, 0) is 0 Å². The predicted molar refractivity (Wildman–Crippen MR) is 82.5 cm³/mol. The molecule has 1 N–H and O–H groups in total. The summed E-state index contributed by atoms with van der Waals surface area (Å²) in [6.45, 7) is 1.09. The molecule has 1 aliphatic rings. The maximum absolute atomic E-state index is 4.77. The normalized spacial score (nSPS) is 19.3. The Hall–Kier alpha value is -1.58. The van der Waals surface area contributed by atoms with Crippen LogP contribution < -0.4 is 5.32 Å². The molecule has 0 bridgehead atoms. The smallest absolute Gasteiger partial charge is 0.0796 e. The van der Waals surface area contributed by atoms with Gasteiger partial charge in [-0.2, -0.15) is 0 Å². The quantitative estimate of drug-likeness (QED) is 0.679.